The van der Waals surface area contributed by atoms with Crippen LogP contribution < -0.4 is 0 Å². The van der Waals surface area contributed by atoms with Gasteiger partial charge in [0, 0.05) is 13.0 Å². The van der Waals surface area contributed by atoms with Gasteiger partial charge in [0.25, 0.3) is 0 Å². The molecular weight excluding hydrogens is 442 g/mol. The summed E-state index contributed by atoms with van der Waals surface area (Å²) in [7, 11) is 1.70. The molecule has 0 bridgehead atoms. The zero-order chi connectivity index (χ0) is 24.8. The van der Waals surface area contributed by atoms with Gasteiger partial charge in [-0.15, -0.1) is 6.58 Å². The van der Waals surface area contributed by atoms with E-state index in [1.165, 1.54) is 4.68 Å². The van der Waals surface area contributed by atoms with Crippen molar-refractivity contribution in [2.75, 3.05) is 13.4 Å². The van der Waals surface area contributed by atoms with Crippen LogP contribution in [0.3, 0.4) is 0 Å². The Bertz CT molecular complexity index is 1070. The van der Waals surface area contributed by atoms with Crippen LogP contribution in [0.25, 0.3) is 11.3 Å². The molecule has 0 fully saturated rings. The quantitative estimate of drug-likeness (QED) is 0.154. The fourth-order valence-electron chi connectivity index (χ4n) is 2.97. The van der Waals surface area contributed by atoms with Crippen LogP contribution in [0.5, 0.6) is 0 Å². The van der Waals surface area contributed by atoms with Crippen molar-refractivity contribution in [2.24, 2.45) is 13.0 Å². The van der Waals surface area contributed by atoms with Gasteiger partial charge < -0.3 is 14.2 Å². The standard InChI is InChI=1S/C25H30ClN3O4/c1-8-16(2)14-31-24(30)33-15-32-23(22-21(26)17(3)28-29(22)7)20(13-27)18-9-11-19(12-10-18)25(4,5)6/h8-12,16H,1,14-15H2,2-7H3/b23-20-. The van der Waals surface area contributed by atoms with E-state index >= 15 is 0 Å². The molecule has 0 saturated heterocycles. The van der Waals surface area contributed by atoms with Crippen molar-refractivity contribution in [1.29, 1.82) is 5.26 Å². The summed E-state index contributed by atoms with van der Waals surface area (Å²) in [4.78, 5) is 11.9. The van der Waals surface area contributed by atoms with E-state index in [9.17, 15) is 10.1 Å². The molecule has 0 radical (unpaired) electrons. The number of allylic oxidation sites excluding steroid dienone is 1. The van der Waals surface area contributed by atoms with Gasteiger partial charge in [0.15, 0.2) is 5.76 Å². The van der Waals surface area contributed by atoms with Crippen LogP contribution in [0.2, 0.25) is 5.02 Å². The molecule has 1 unspecified atom stereocenters. The molecule has 1 atom stereocenters. The van der Waals surface area contributed by atoms with Gasteiger partial charge in [0.2, 0.25) is 6.79 Å². The van der Waals surface area contributed by atoms with E-state index < -0.39 is 12.9 Å². The molecule has 2 rings (SSSR count). The minimum Gasteiger partial charge on any atom is -0.453 e. The van der Waals surface area contributed by atoms with Crippen molar-refractivity contribution in [2.45, 2.75) is 40.0 Å². The van der Waals surface area contributed by atoms with Crippen LogP contribution in [-0.2, 0) is 26.7 Å². The van der Waals surface area contributed by atoms with E-state index in [2.05, 4.69) is 38.5 Å². The summed E-state index contributed by atoms with van der Waals surface area (Å²) in [5.74, 6) is 0.146. The van der Waals surface area contributed by atoms with Gasteiger partial charge in [-0.2, -0.15) is 10.4 Å². The predicted molar refractivity (Wildman–Crippen MR) is 128 cm³/mol. The van der Waals surface area contributed by atoms with Gasteiger partial charge in [0.1, 0.15) is 23.9 Å². The second kappa shape index (κ2) is 11.1. The summed E-state index contributed by atoms with van der Waals surface area (Å²) in [5, 5.41) is 14.7. The summed E-state index contributed by atoms with van der Waals surface area (Å²) >= 11 is 6.48. The van der Waals surface area contributed by atoms with Gasteiger partial charge in [0.05, 0.1) is 10.7 Å². The maximum Gasteiger partial charge on any atom is 0.511 e. The van der Waals surface area contributed by atoms with Crippen molar-refractivity contribution in [3.05, 3.63) is 64.5 Å². The SMILES string of the molecule is C=CC(C)COC(=O)OCO/C(=C(/C#N)c1ccc(C(C)(C)C)cc1)c1c(Cl)c(C)nn1C. The Balaban J connectivity index is 2.39. The van der Waals surface area contributed by atoms with E-state index in [1.54, 1.807) is 20.0 Å². The molecule has 0 amide bonds. The molecule has 1 aromatic heterocycles. The monoisotopic (exact) mass is 471 g/mol. The highest BCUT2D eigenvalue weighted by molar-refractivity contribution is 6.33. The van der Waals surface area contributed by atoms with Crippen molar-refractivity contribution < 1.29 is 19.0 Å². The number of carbonyl (C=O) groups excluding carboxylic acids is 1. The number of nitriles is 1. The molecule has 1 heterocycles. The van der Waals surface area contributed by atoms with E-state index in [-0.39, 0.29) is 29.3 Å². The smallest absolute Gasteiger partial charge is 0.453 e. The molecule has 2 aromatic rings. The first kappa shape index (κ1) is 26.0. The van der Waals surface area contributed by atoms with Crippen LogP contribution in [0.15, 0.2) is 36.9 Å². The predicted octanol–water partition coefficient (Wildman–Crippen LogP) is 6.02. The zero-order valence-corrected chi connectivity index (χ0v) is 20.7. The first-order valence-corrected chi connectivity index (χ1v) is 10.9. The van der Waals surface area contributed by atoms with Crippen LogP contribution in [0, 0.1) is 24.2 Å². The Morgan fingerprint density at radius 1 is 1.27 bits per heavy atom. The highest BCUT2D eigenvalue weighted by atomic mass is 35.5. The van der Waals surface area contributed by atoms with E-state index in [0.29, 0.717) is 22.0 Å². The average molecular weight is 472 g/mol. The van der Waals surface area contributed by atoms with Crippen molar-refractivity contribution in [3.63, 3.8) is 0 Å². The summed E-state index contributed by atoms with van der Waals surface area (Å²) in [6, 6.07) is 9.84. The third kappa shape index (κ3) is 6.62. The van der Waals surface area contributed by atoms with Gasteiger partial charge in [-0.1, -0.05) is 69.6 Å². The number of benzene rings is 1. The number of carbonyl (C=O) groups is 1. The number of nitrogens with zero attached hydrogens (tertiary/aromatic N) is 3. The molecule has 0 aliphatic heterocycles. The van der Waals surface area contributed by atoms with E-state index in [0.717, 1.165) is 5.56 Å². The Kier molecular flexibility index (Phi) is 8.72. The number of hydrogen-bond acceptors (Lipinski definition) is 6. The normalized spacial score (nSPS) is 12.9. The Morgan fingerprint density at radius 2 is 1.91 bits per heavy atom. The maximum atomic E-state index is 11.9. The summed E-state index contributed by atoms with van der Waals surface area (Å²) in [6.07, 6.45) is 0.782. The van der Waals surface area contributed by atoms with Gasteiger partial charge in [-0.25, -0.2) is 4.79 Å². The first-order valence-electron chi connectivity index (χ1n) is 10.5. The lowest BCUT2D eigenvalue weighted by Crippen LogP contribution is -2.14. The van der Waals surface area contributed by atoms with E-state index in [4.69, 9.17) is 25.8 Å². The molecule has 0 saturated carbocycles. The van der Waals surface area contributed by atoms with Gasteiger partial charge in [-0.05, 0) is 23.5 Å². The van der Waals surface area contributed by atoms with Gasteiger partial charge in [-0.3, -0.25) is 4.68 Å². The molecule has 1 aromatic carbocycles. The summed E-state index contributed by atoms with van der Waals surface area (Å²) in [5.41, 5.74) is 2.95. The highest BCUT2D eigenvalue weighted by Gasteiger charge is 2.23. The third-order valence-corrected chi connectivity index (χ3v) is 5.44. The lowest BCUT2D eigenvalue weighted by Gasteiger charge is -2.19. The zero-order valence-electron chi connectivity index (χ0n) is 19.9. The third-order valence-electron chi connectivity index (χ3n) is 4.99. The van der Waals surface area contributed by atoms with Crippen molar-refractivity contribution in [1.82, 2.24) is 9.78 Å². The number of halogens is 1. The Morgan fingerprint density at radius 3 is 2.39 bits per heavy atom. The number of rotatable bonds is 8. The minimum absolute atomic E-state index is 0.00795. The van der Waals surface area contributed by atoms with Gasteiger partial charge >= 0.3 is 6.16 Å². The average Bonchev–Trinajstić information content (AvgIpc) is 3.02. The number of ether oxygens (including phenoxy) is 3. The van der Waals surface area contributed by atoms with Crippen LogP contribution in [0.1, 0.15) is 50.2 Å². The molecule has 0 spiro atoms. The number of aromatic nitrogens is 2. The Labute approximate surface area is 200 Å². The lowest BCUT2D eigenvalue weighted by molar-refractivity contribution is -0.00833. The van der Waals surface area contributed by atoms with E-state index in [1.807, 2.05) is 31.2 Å². The summed E-state index contributed by atoms with van der Waals surface area (Å²) in [6.45, 7) is 13.3. The fourth-order valence-corrected chi connectivity index (χ4v) is 3.21. The lowest BCUT2D eigenvalue weighted by atomic mass is 9.86. The van der Waals surface area contributed by atoms with Crippen LogP contribution >= 0.6 is 11.6 Å². The molecule has 8 heteroatoms. The molecule has 176 valence electrons. The molecule has 0 aliphatic rings. The molecule has 0 aliphatic carbocycles. The molecule has 0 N–H and O–H groups in total. The Hall–Kier alpha value is -3.24. The second-order valence-corrected chi connectivity index (χ2v) is 9.07. The number of aryl methyl sites for hydroxylation is 2. The van der Waals surface area contributed by atoms with Crippen LogP contribution in [0.4, 0.5) is 4.79 Å². The molecular formula is C25H30ClN3O4. The van der Waals surface area contributed by atoms with Crippen LogP contribution in [-0.4, -0.2) is 29.3 Å². The summed E-state index contributed by atoms with van der Waals surface area (Å²) < 4.78 is 17.4. The fraction of sp³-hybridized carbons (Fsp3) is 0.400. The maximum absolute atomic E-state index is 11.9. The topological polar surface area (TPSA) is 86.4 Å². The minimum atomic E-state index is -0.886. The first-order chi connectivity index (χ1) is 15.5. The highest BCUT2D eigenvalue weighted by Crippen LogP contribution is 2.34. The molecule has 7 nitrogen and oxygen atoms in total. The van der Waals surface area contributed by atoms with Crippen molar-refractivity contribution >= 4 is 29.1 Å². The second-order valence-electron chi connectivity index (χ2n) is 8.70. The molecule has 33 heavy (non-hydrogen) atoms. The largest absolute Gasteiger partial charge is 0.511 e. The van der Waals surface area contributed by atoms with Crippen molar-refractivity contribution in [3.8, 4) is 6.07 Å². The number of hydrogen-bond donors (Lipinski definition) is 0.